The number of likely N-dealkylation sites (tertiary alicyclic amines) is 1. The molecule has 1 aromatic rings. The molecule has 150 valence electrons. The minimum Gasteiger partial charge on any atom is -0.386 e. The maximum absolute atomic E-state index is 10.3. The van der Waals surface area contributed by atoms with E-state index in [2.05, 4.69) is 29.4 Å². The van der Waals surface area contributed by atoms with E-state index in [1.54, 1.807) is 0 Å². The van der Waals surface area contributed by atoms with E-state index >= 15 is 0 Å². The molecule has 3 N–H and O–H groups in total. The molecule has 0 aliphatic carbocycles. The zero-order chi connectivity index (χ0) is 18.2. The lowest BCUT2D eigenvalue weighted by atomic mass is 10.0. The Bertz CT molecular complexity index is 549. The van der Waals surface area contributed by atoms with Crippen LogP contribution >= 0.6 is 46.9 Å². The Morgan fingerprint density at radius 1 is 1.31 bits per heavy atom. The summed E-state index contributed by atoms with van der Waals surface area (Å²) in [6.07, 6.45) is 2.00. The van der Waals surface area contributed by atoms with Crippen LogP contribution < -0.4 is 10.6 Å². The third kappa shape index (κ3) is 7.50. The molecule has 0 bridgehead atoms. The molecule has 2 heterocycles. The zero-order valence-corrected chi connectivity index (χ0v) is 19.8. The summed E-state index contributed by atoms with van der Waals surface area (Å²) in [5.74, 6) is 1.33. The fraction of sp³-hybridized carbons (Fsp3) is 0.722. The molecule has 2 rings (SSSR count). The molecule has 0 saturated carbocycles. The van der Waals surface area contributed by atoms with Gasteiger partial charge in [0.15, 0.2) is 5.96 Å². The molecule has 2 unspecified atom stereocenters. The fourth-order valence-corrected chi connectivity index (χ4v) is 4.20. The maximum atomic E-state index is 10.3. The monoisotopic (exact) mass is 514 g/mol. The first-order chi connectivity index (χ1) is 12.0. The molecule has 8 heteroatoms. The highest BCUT2D eigenvalue weighted by atomic mass is 127. The van der Waals surface area contributed by atoms with Crippen LogP contribution in [0.4, 0.5) is 0 Å². The van der Waals surface area contributed by atoms with Gasteiger partial charge in [0.25, 0.3) is 0 Å². The van der Waals surface area contributed by atoms with Crippen molar-refractivity contribution in [3.63, 3.8) is 0 Å². The zero-order valence-electron chi connectivity index (χ0n) is 15.9. The smallest absolute Gasteiger partial charge is 0.191 e. The quantitative estimate of drug-likeness (QED) is 0.281. The molecule has 1 aromatic heterocycles. The van der Waals surface area contributed by atoms with Crippen LogP contribution in [-0.2, 0) is 0 Å². The van der Waals surface area contributed by atoms with Gasteiger partial charge in [0, 0.05) is 24.0 Å². The van der Waals surface area contributed by atoms with Gasteiger partial charge in [-0.2, -0.15) is 0 Å². The van der Waals surface area contributed by atoms with Crippen molar-refractivity contribution < 1.29 is 5.11 Å². The molecule has 1 aliphatic rings. The van der Waals surface area contributed by atoms with E-state index in [0.717, 1.165) is 23.9 Å². The molecule has 0 amide bonds. The van der Waals surface area contributed by atoms with Crippen LogP contribution in [0.5, 0.6) is 0 Å². The second-order valence-electron chi connectivity index (χ2n) is 6.81. The maximum Gasteiger partial charge on any atom is 0.191 e. The second kappa shape index (κ2) is 12.4. The van der Waals surface area contributed by atoms with Crippen molar-refractivity contribution in [2.24, 2.45) is 10.9 Å². The number of rotatable bonds is 8. The van der Waals surface area contributed by atoms with Gasteiger partial charge in [-0.25, -0.2) is 0 Å². The van der Waals surface area contributed by atoms with Crippen LogP contribution in [0.3, 0.4) is 0 Å². The number of halogens is 2. The predicted molar refractivity (Wildman–Crippen MR) is 123 cm³/mol. The molecule has 1 saturated heterocycles. The standard InChI is InChI=1S/C18H31ClN4OS.HI/c1-4-20-18(22-12-15(24)16-7-8-17(19)25-16)21-11-14(13(2)3)23-9-5-6-10-23;/h7-8,13-15,24H,4-6,9-12H2,1-3H3,(H2,20,21,22);1H. The first-order valence-electron chi connectivity index (χ1n) is 9.20. The number of guanidine groups is 1. The van der Waals surface area contributed by atoms with Gasteiger partial charge in [0.1, 0.15) is 6.10 Å². The third-order valence-corrected chi connectivity index (χ3v) is 5.88. The number of aliphatic imine (C=N–C) groups is 1. The summed E-state index contributed by atoms with van der Waals surface area (Å²) in [6.45, 7) is 10.9. The summed E-state index contributed by atoms with van der Waals surface area (Å²) in [5.41, 5.74) is 0. The van der Waals surface area contributed by atoms with Crippen molar-refractivity contribution >= 4 is 52.9 Å². The van der Waals surface area contributed by atoms with Crippen molar-refractivity contribution in [1.82, 2.24) is 15.5 Å². The van der Waals surface area contributed by atoms with Crippen LogP contribution in [0.1, 0.15) is 44.6 Å². The van der Waals surface area contributed by atoms with Crippen LogP contribution in [-0.4, -0.2) is 54.7 Å². The number of aliphatic hydroxyl groups is 1. The van der Waals surface area contributed by atoms with E-state index in [0.29, 0.717) is 22.8 Å². The lowest BCUT2D eigenvalue weighted by Crippen LogP contribution is -2.43. The molecular weight excluding hydrogens is 483 g/mol. The number of hydrogen-bond donors (Lipinski definition) is 3. The van der Waals surface area contributed by atoms with Crippen LogP contribution in [0.25, 0.3) is 0 Å². The molecule has 0 spiro atoms. The molecule has 5 nitrogen and oxygen atoms in total. The SMILES string of the molecule is CCNC(=NCC(C(C)C)N1CCCC1)NCC(O)c1ccc(Cl)s1.I. The van der Waals surface area contributed by atoms with Gasteiger partial charge < -0.3 is 15.7 Å². The second-order valence-corrected chi connectivity index (χ2v) is 8.56. The van der Waals surface area contributed by atoms with Gasteiger partial charge in [-0.1, -0.05) is 25.4 Å². The Morgan fingerprint density at radius 2 is 2.00 bits per heavy atom. The molecule has 2 atom stereocenters. The van der Waals surface area contributed by atoms with Crippen molar-refractivity contribution in [1.29, 1.82) is 0 Å². The Hall–Kier alpha value is -0.0900. The Balaban J connectivity index is 0.00000338. The van der Waals surface area contributed by atoms with Crippen molar-refractivity contribution in [2.45, 2.75) is 45.8 Å². The van der Waals surface area contributed by atoms with Crippen molar-refractivity contribution in [2.75, 3.05) is 32.7 Å². The molecule has 1 aliphatic heterocycles. The highest BCUT2D eigenvalue weighted by molar-refractivity contribution is 14.0. The van der Waals surface area contributed by atoms with Crippen molar-refractivity contribution in [3.05, 3.63) is 21.3 Å². The summed E-state index contributed by atoms with van der Waals surface area (Å²) >= 11 is 7.35. The topological polar surface area (TPSA) is 59.9 Å². The number of nitrogens with one attached hydrogen (secondary N) is 2. The lowest BCUT2D eigenvalue weighted by molar-refractivity contribution is 0.184. The molecular formula is C18H32ClIN4OS. The van der Waals surface area contributed by atoms with Crippen LogP contribution in [0, 0.1) is 5.92 Å². The number of thiophene rings is 1. The van der Waals surface area contributed by atoms with E-state index in [4.69, 9.17) is 16.6 Å². The minimum atomic E-state index is -0.583. The first-order valence-corrected chi connectivity index (χ1v) is 10.4. The Labute approximate surface area is 183 Å². The van der Waals surface area contributed by atoms with Gasteiger partial charge in [0.05, 0.1) is 10.9 Å². The number of hydrogen-bond acceptors (Lipinski definition) is 4. The number of nitrogens with zero attached hydrogens (tertiary/aromatic N) is 2. The average molecular weight is 515 g/mol. The van der Waals surface area contributed by atoms with E-state index in [1.165, 1.54) is 37.3 Å². The van der Waals surface area contributed by atoms with Crippen LogP contribution in [0.2, 0.25) is 4.34 Å². The minimum absolute atomic E-state index is 0. The molecule has 26 heavy (non-hydrogen) atoms. The largest absolute Gasteiger partial charge is 0.386 e. The Kier molecular flexibility index (Phi) is 11.4. The normalized spacial score (nSPS) is 17.8. The summed E-state index contributed by atoms with van der Waals surface area (Å²) in [6, 6.07) is 4.15. The van der Waals surface area contributed by atoms with E-state index < -0.39 is 6.10 Å². The average Bonchev–Trinajstić information content (AvgIpc) is 3.24. The van der Waals surface area contributed by atoms with Gasteiger partial charge in [-0.3, -0.25) is 9.89 Å². The van der Waals surface area contributed by atoms with E-state index in [-0.39, 0.29) is 24.0 Å². The fourth-order valence-electron chi connectivity index (χ4n) is 3.15. The predicted octanol–water partition coefficient (Wildman–Crippen LogP) is 3.73. The van der Waals surface area contributed by atoms with Gasteiger partial charge in [-0.15, -0.1) is 35.3 Å². The van der Waals surface area contributed by atoms with Crippen molar-refractivity contribution in [3.8, 4) is 0 Å². The summed E-state index contributed by atoms with van der Waals surface area (Å²) in [5, 5.41) is 16.8. The van der Waals surface area contributed by atoms with Gasteiger partial charge in [-0.05, 0) is 50.9 Å². The van der Waals surface area contributed by atoms with E-state index in [1.807, 2.05) is 19.1 Å². The highest BCUT2D eigenvalue weighted by Gasteiger charge is 2.24. The summed E-state index contributed by atoms with van der Waals surface area (Å²) in [4.78, 5) is 8.19. The summed E-state index contributed by atoms with van der Waals surface area (Å²) in [7, 11) is 0. The molecule has 0 radical (unpaired) electrons. The molecule has 1 fully saturated rings. The van der Waals surface area contributed by atoms with Crippen LogP contribution in [0.15, 0.2) is 17.1 Å². The summed E-state index contributed by atoms with van der Waals surface area (Å²) < 4.78 is 0.694. The lowest BCUT2D eigenvalue weighted by Gasteiger charge is -2.29. The first kappa shape index (κ1) is 23.9. The molecule has 0 aromatic carbocycles. The third-order valence-electron chi connectivity index (χ3n) is 4.55. The number of aliphatic hydroxyl groups excluding tert-OH is 1. The van der Waals surface area contributed by atoms with Gasteiger partial charge in [0.2, 0.25) is 0 Å². The van der Waals surface area contributed by atoms with E-state index in [9.17, 15) is 5.11 Å². The highest BCUT2D eigenvalue weighted by Crippen LogP contribution is 2.26. The van der Waals surface area contributed by atoms with Gasteiger partial charge >= 0.3 is 0 Å². The Morgan fingerprint density at radius 3 is 2.54 bits per heavy atom.